The molecule has 0 atom stereocenters. The van der Waals surface area contributed by atoms with Gasteiger partial charge >= 0.3 is 0 Å². The average Bonchev–Trinajstić information content (AvgIpc) is 3.69. The van der Waals surface area contributed by atoms with E-state index in [2.05, 4.69) is 203 Å². The third kappa shape index (κ3) is 5.77. The largest absolute Gasteiger partial charge is 0.313 e. The summed E-state index contributed by atoms with van der Waals surface area (Å²) in [5.41, 5.74) is 34.1. The number of aryl methyl sites for hydroxylation is 2. The highest BCUT2D eigenvalue weighted by molar-refractivity contribution is 7.26. The molecule has 8 aromatic carbocycles. The van der Waals surface area contributed by atoms with Gasteiger partial charge in [0.2, 0.25) is 13.4 Å². The minimum atomic E-state index is 0.0546. The molecule has 0 spiro atoms. The maximum atomic E-state index is 2.65. The summed E-state index contributed by atoms with van der Waals surface area (Å²) in [7, 11) is 0. The second kappa shape index (κ2) is 14.7. The van der Waals surface area contributed by atoms with Crippen LogP contribution in [0.4, 0.5) is 17.1 Å². The smallest absolute Gasteiger partial charge is 0.247 e. The van der Waals surface area contributed by atoms with Crippen LogP contribution in [0.5, 0.6) is 0 Å². The van der Waals surface area contributed by atoms with Gasteiger partial charge in [0.15, 0.2) is 0 Å². The Morgan fingerprint density at radius 3 is 1.34 bits per heavy atom. The summed E-state index contributed by atoms with van der Waals surface area (Å²) in [6.45, 7) is 28.1. The zero-order valence-electron chi connectivity index (χ0n) is 39.5. The Morgan fingerprint density at radius 2 is 0.828 bits per heavy atom. The van der Waals surface area contributed by atoms with Crippen molar-refractivity contribution in [1.82, 2.24) is 0 Å². The van der Waals surface area contributed by atoms with Crippen LogP contribution < -0.4 is 37.7 Å². The van der Waals surface area contributed by atoms with Gasteiger partial charge in [-0.1, -0.05) is 141 Å². The lowest BCUT2D eigenvalue weighted by molar-refractivity contribution is 1.19. The lowest BCUT2D eigenvalue weighted by atomic mass is 9.29. The molecule has 1 aromatic heterocycles. The molecule has 1 nitrogen and oxygen atoms in total. The molecule has 3 heterocycles. The maximum Gasteiger partial charge on any atom is 0.247 e. The zero-order valence-corrected chi connectivity index (χ0v) is 40.3. The summed E-state index contributed by atoms with van der Waals surface area (Å²) < 4.78 is 2.69. The Bertz CT molecular complexity index is 3270. The molecule has 11 rings (SSSR count). The molecular weight excluding hydrogens is 788 g/mol. The van der Waals surface area contributed by atoms with Gasteiger partial charge < -0.3 is 4.90 Å². The molecule has 2 aliphatic rings. The molecule has 2 aliphatic heterocycles. The molecule has 0 saturated heterocycles. The Morgan fingerprint density at radius 1 is 0.375 bits per heavy atom. The fourth-order valence-electron chi connectivity index (χ4n) is 11.8. The normalized spacial score (nSPS) is 12.9. The van der Waals surface area contributed by atoms with Crippen LogP contribution in [0, 0.1) is 83.1 Å². The first-order valence-electron chi connectivity index (χ1n) is 23.1. The fourth-order valence-corrected chi connectivity index (χ4v) is 13.1. The third-order valence-corrected chi connectivity index (χ3v) is 17.3. The second-order valence-electron chi connectivity index (χ2n) is 19.3. The highest BCUT2D eigenvalue weighted by atomic mass is 32.1. The molecule has 0 saturated carbocycles. The van der Waals surface area contributed by atoms with Crippen molar-refractivity contribution in [1.29, 1.82) is 0 Å². The number of nitrogens with zero attached hydrogens (tertiary/aromatic N) is 1. The predicted octanol–water partition coefficient (Wildman–Crippen LogP) is 12.2. The van der Waals surface area contributed by atoms with Crippen molar-refractivity contribution < 1.29 is 0 Å². The molecule has 0 amide bonds. The first-order valence-corrected chi connectivity index (χ1v) is 23.9. The molecule has 0 aliphatic carbocycles. The Kier molecular flexibility index (Phi) is 9.36. The predicted molar refractivity (Wildman–Crippen MR) is 284 cm³/mol. The second-order valence-corrected chi connectivity index (χ2v) is 20.3. The quantitative estimate of drug-likeness (QED) is 0.160. The Labute approximate surface area is 385 Å². The van der Waals surface area contributed by atoms with Gasteiger partial charge in [-0.05, 0) is 179 Å². The van der Waals surface area contributed by atoms with Crippen LogP contribution in [0.25, 0.3) is 42.4 Å². The van der Waals surface area contributed by atoms with Crippen LogP contribution in [0.2, 0.25) is 0 Å². The average molecular weight is 844 g/mol. The van der Waals surface area contributed by atoms with Crippen LogP contribution in [-0.4, -0.2) is 13.4 Å². The van der Waals surface area contributed by atoms with E-state index in [1.165, 1.54) is 159 Å². The Balaban J connectivity index is 1.23. The van der Waals surface area contributed by atoms with Crippen LogP contribution in [0.1, 0.15) is 66.8 Å². The van der Waals surface area contributed by atoms with Crippen molar-refractivity contribution in [2.24, 2.45) is 0 Å². The number of hydrogen-bond donors (Lipinski definition) is 0. The van der Waals surface area contributed by atoms with Crippen molar-refractivity contribution in [3.05, 3.63) is 182 Å². The monoisotopic (exact) mass is 843 g/mol. The van der Waals surface area contributed by atoms with E-state index in [1.54, 1.807) is 0 Å². The molecule has 0 radical (unpaired) electrons. The number of fused-ring (bicyclic) bond motifs is 7. The molecule has 9 aromatic rings. The summed E-state index contributed by atoms with van der Waals surface area (Å²) in [5.74, 6) is 0. The van der Waals surface area contributed by atoms with Gasteiger partial charge in [0.25, 0.3) is 0 Å². The van der Waals surface area contributed by atoms with Crippen LogP contribution in [-0.2, 0) is 0 Å². The van der Waals surface area contributed by atoms with E-state index in [9.17, 15) is 0 Å². The van der Waals surface area contributed by atoms with Crippen molar-refractivity contribution in [3.63, 3.8) is 0 Å². The topological polar surface area (TPSA) is 3.24 Å². The van der Waals surface area contributed by atoms with Crippen LogP contribution in [0.3, 0.4) is 0 Å². The molecular formula is C60H55B2NS. The summed E-state index contributed by atoms with van der Waals surface area (Å²) >= 11 is 1.90. The van der Waals surface area contributed by atoms with Gasteiger partial charge in [0.05, 0.1) is 0 Å². The molecule has 64 heavy (non-hydrogen) atoms. The van der Waals surface area contributed by atoms with Gasteiger partial charge in [0, 0.05) is 37.2 Å². The van der Waals surface area contributed by atoms with E-state index in [4.69, 9.17) is 0 Å². The zero-order chi connectivity index (χ0) is 44.6. The Hall–Kier alpha value is -6.09. The number of hydrogen-bond acceptors (Lipinski definition) is 2. The molecule has 0 unspecified atom stereocenters. The van der Waals surface area contributed by atoms with E-state index < -0.39 is 0 Å². The summed E-state index contributed by atoms with van der Waals surface area (Å²) in [6, 6.07) is 44.7. The van der Waals surface area contributed by atoms with Crippen LogP contribution >= 0.6 is 11.3 Å². The summed E-state index contributed by atoms with van der Waals surface area (Å²) in [5, 5.41) is 2.67. The molecule has 0 bridgehead atoms. The molecule has 312 valence electrons. The van der Waals surface area contributed by atoms with Crippen molar-refractivity contribution in [2.45, 2.75) is 83.1 Å². The minimum Gasteiger partial charge on any atom is -0.313 e. The van der Waals surface area contributed by atoms with E-state index in [0.717, 1.165) is 0 Å². The molecule has 0 fully saturated rings. The fraction of sp³-hybridized carbons (Fsp3) is 0.200. The van der Waals surface area contributed by atoms with E-state index in [1.807, 2.05) is 11.3 Å². The highest BCUT2D eigenvalue weighted by Crippen LogP contribution is 2.42. The SMILES string of the molecule is Cc1ccc2c(c1)B(c1c(C)c(C)c(C)c(C)c1C)c1cc(-c3ccc(-c4cccc5c4sc4ccccc45)cc3)cc3c1N2c1ccc(C)cc1B3c1c(C)c(C)c(C)c(C)c1C. The third-order valence-electron chi connectivity index (χ3n) is 16.1. The van der Waals surface area contributed by atoms with Gasteiger partial charge in [0.1, 0.15) is 0 Å². The number of benzene rings is 8. The summed E-state index contributed by atoms with van der Waals surface area (Å²) in [6.07, 6.45) is 0. The van der Waals surface area contributed by atoms with E-state index in [0.29, 0.717) is 0 Å². The van der Waals surface area contributed by atoms with Gasteiger partial charge in [-0.3, -0.25) is 0 Å². The van der Waals surface area contributed by atoms with Crippen molar-refractivity contribution >= 4 is 94.8 Å². The lowest BCUT2D eigenvalue weighted by Gasteiger charge is -2.45. The number of anilines is 3. The van der Waals surface area contributed by atoms with E-state index >= 15 is 0 Å². The van der Waals surface area contributed by atoms with Crippen molar-refractivity contribution in [3.8, 4) is 22.3 Å². The standard InChI is InChI=1S/C60H55B2NS/c1-32-20-26-54-50(28-32)61(57-40(9)36(5)34(3)37(6)41(57)10)52-30-46(44-22-24-45(25-23-44)47-17-15-18-49-48-16-13-14-19-56(48)64-60(47)49)31-53-59(52)63(54)55-27-21-33(2)29-51(55)62(53)58-42(11)38(7)35(4)39(8)43(58)12/h13-31H,1-12H3. The lowest BCUT2D eigenvalue weighted by Crippen LogP contribution is -2.66. The molecule has 4 heteroatoms. The first kappa shape index (κ1) is 40.7. The van der Waals surface area contributed by atoms with Gasteiger partial charge in [-0.15, -0.1) is 11.3 Å². The number of thiophene rings is 1. The summed E-state index contributed by atoms with van der Waals surface area (Å²) in [4.78, 5) is 2.65. The molecule has 0 N–H and O–H groups in total. The van der Waals surface area contributed by atoms with Crippen molar-refractivity contribution in [2.75, 3.05) is 4.90 Å². The first-order chi connectivity index (χ1) is 30.7. The van der Waals surface area contributed by atoms with Gasteiger partial charge in [-0.25, -0.2) is 0 Å². The highest BCUT2D eigenvalue weighted by Gasteiger charge is 2.45. The maximum absolute atomic E-state index is 2.65. The minimum absolute atomic E-state index is 0.0546. The number of rotatable bonds is 4. The van der Waals surface area contributed by atoms with E-state index in [-0.39, 0.29) is 13.4 Å². The van der Waals surface area contributed by atoms with Crippen LogP contribution in [0.15, 0.2) is 115 Å². The van der Waals surface area contributed by atoms with Gasteiger partial charge in [-0.2, -0.15) is 0 Å².